The van der Waals surface area contributed by atoms with E-state index in [1.165, 1.54) is 0 Å². The summed E-state index contributed by atoms with van der Waals surface area (Å²) in [5, 5.41) is 11.9. The number of carbonyl (C=O) groups is 2. The van der Waals surface area contributed by atoms with Gasteiger partial charge >= 0.3 is 5.97 Å². The van der Waals surface area contributed by atoms with Gasteiger partial charge in [-0.2, -0.15) is 0 Å². The molecule has 0 saturated heterocycles. The van der Waals surface area contributed by atoms with Gasteiger partial charge in [0, 0.05) is 5.69 Å². The SMILES string of the molecule is CC#CC(CC(=O)O)c1ccc(NC(=O)C(C)Oc2cccc(C(C)(C)C)c2)cc1. The second kappa shape index (κ2) is 9.98. The number of carbonyl (C=O) groups excluding carboxylic acids is 1. The summed E-state index contributed by atoms with van der Waals surface area (Å²) in [5.74, 6) is 4.79. The molecule has 0 aliphatic heterocycles. The maximum absolute atomic E-state index is 12.5. The number of ether oxygens (including phenoxy) is 1. The minimum absolute atomic E-state index is 0.00668. The Hall–Kier alpha value is -3.26. The summed E-state index contributed by atoms with van der Waals surface area (Å²) in [6, 6.07) is 14.8. The van der Waals surface area contributed by atoms with Crippen LogP contribution >= 0.6 is 0 Å². The first-order chi connectivity index (χ1) is 14.1. The lowest BCUT2D eigenvalue weighted by molar-refractivity contribution is -0.137. The van der Waals surface area contributed by atoms with Crippen LogP contribution in [0.1, 0.15) is 58.1 Å². The van der Waals surface area contributed by atoms with Gasteiger partial charge in [0.25, 0.3) is 5.91 Å². The van der Waals surface area contributed by atoms with Crippen LogP contribution in [0.25, 0.3) is 0 Å². The summed E-state index contributed by atoms with van der Waals surface area (Å²) < 4.78 is 5.83. The first-order valence-electron chi connectivity index (χ1n) is 9.92. The van der Waals surface area contributed by atoms with Crippen molar-refractivity contribution in [2.24, 2.45) is 0 Å². The predicted molar refractivity (Wildman–Crippen MR) is 119 cm³/mol. The van der Waals surface area contributed by atoms with Crippen LogP contribution < -0.4 is 10.1 Å². The molecule has 5 heteroatoms. The minimum Gasteiger partial charge on any atom is -0.481 e. The summed E-state index contributed by atoms with van der Waals surface area (Å²) in [7, 11) is 0. The molecule has 2 N–H and O–H groups in total. The van der Waals surface area contributed by atoms with Crippen molar-refractivity contribution in [3.63, 3.8) is 0 Å². The number of amides is 1. The second-order valence-corrected chi connectivity index (χ2v) is 8.19. The van der Waals surface area contributed by atoms with Crippen molar-refractivity contribution >= 4 is 17.6 Å². The first kappa shape index (κ1) is 23.0. The standard InChI is InChI=1S/C25H29NO4/c1-6-8-19(15-23(27)28)18-11-13-21(14-12-18)26-24(29)17(2)30-22-10-7-9-20(16-22)25(3,4)5/h7,9-14,16-17,19H,15H2,1-5H3,(H,26,29)(H,27,28). The Balaban J connectivity index is 2.03. The Labute approximate surface area is 178 Å². The molecule has 2 aromatic carbocycles. The normalized spacial score (nSPS) is 12.8. The molecule has 5 nitrogen and oxygen atoms in total. The first-order valence-corrected chi connectivity index (χ1v) is 9.92. The Bertz CT molecular complexity index is 946. The van der Waals surface area contributed by atoms with E-state index in [1.807, 2.05) is 24.3 Å². The average Bonchev–Trinajstić information content (AvgIpc) is 2.67. The quantitative estimate of drug-likeness (QED) is 0.635. The van der Waals surface area contributed by atoms with E-state index in [2.05, 4.69) is 37.9 Å². The minimum atomic E-state index is -0.901. The fraction of sp³-hybridized carbons (Fsp3) is 0.360. The lowest BCUT2D eigenvalue weighted by Gasteiger charge is -2.21. The highest BCUT2D eigenvalue weighted by atomic mass is 16.5. The molecule has 0 saturated carbocycles. The van der Waals surface area contributed by atoms with Gasteiger partial charge in [-0.15, -0.1) is 5.92 Å². The van der Waals surface area contributed by atoms with Gasteiger partial charge in [-0.1, -0.05) is 51.0 Å². The third-order valence-corrected chi connectivity index (χ3v) is 4.66. The molecule has 0 aliphatic rings. The molecular weight excluding hydrogens is 378 g/mol. The van der Waals surface area contributed by atoms with E-state index in [0.717, 1.165) is 11.1 Å². The molecule has 2 aromatic rings. The van der Waals surface area contributed by atoms with Gasteiger partial charge in [-0.05, 0) is 54.7 Å². The zero-order valence-electron chi connectivity index (χ0n) is 18.2. The number of hydrogen-bond donors (Lipinski definition) is 2. The van der Waals surface area contributed by atoms with E-state index in [0.29, 0.717) is 11.4 Å². The van der Waals surface area contributed by atoms with Crippen LogP contribution in [0.4, 0.5) is 5.69 Å². The van der Waals surface area contributed by atoms with E-state index in [4.69, 9.17) is 9.84 Å². The molecule has 0 aromatic heterocycles. The number of aliphatic carboxylic acids is 1. The molecule has 0 radical (unpaired) electrons. The highest BCUT2D eigenvalue weighted by Gasteiger charge is 2.18. The molecule has 0 bridgehead atoms. The van der Waals surface area contributed by atoms with Crippen LogP contribution in [-0.2, 0) is 15.0 Å². The number of carboxylic acids is 1. The van der Waals surface area contributed by atoms with Gasteiger partial charge in [-0.3, -0.25) is 9.59 Å². The van der Waals surface area contributed by atoms with Gasteiger partial charge < -0.3 is 15.2 Å². The Kier molecular flexibility index (Phi) is 7.66. The smallest absolute Gasteiger partial charge is 0.304 e. The molecular formula is C25H29NO4. The number of hydrogen-bond acceptors (Lipinski definition) is 3. The third-order valence-electron chi connectivity index (χ3n) is 4.66. The molecule has 1 amide bonds. The molecule has 0 aliphatic carbocycles. The third kappa shape index (κ3) is 6.66. The Morgan fingerprint density at radius 1 is 1.13 bits per heavy atom. The van der Waals surface area contributed by atoms with E-state index < -0.39 is 12.1 Å². The molecule has 0 fully saturated rings. The molecule has 2 rings (SSSR count). The molecule has 0 heterocycles. The summed E-state index contributed by atoms with van der Waals surface area (Å²) in [6.07, 6.45) is -0.740. The van der Waals surface area contributed by atoms with Crippen molar-refractivity contribution in [1.82, 2.24) is 0 Å². The van der Waals surface area contributed by atoms with E-state index in [1.54, 1.807) is 38.1 Å². The average molecular weight is 408 g/mol. The highest BCUT2D eigenvalue weighted by molar-refractivity contribution is 5.94. The second-order valence-electron chi connectivity index (χ2n) is 8.19. The van der Waals surface area contributed by atoms with Crippen molar-refractivity contribution < 1.29 is 19.4 Å². The molecule has 158 valence electrons. The zero-order valence-corrected chi connectivity index (χ0v) is 18.2. The van der Waals surface area contributed by atoms with E-state index in [-0.39, 0.29) is 23.7 Å². The lowest BCUT2D eigenvalue weighted by atomic mass is 9.87. The van der Waals surface area contributed by atoms with E-state index >= 15 is 0 Å². The molecule has 2 atom stereocenters. The topological polar surface area (TPSA) is 75.6 Å². The van der Waals surface area contributed by atoms with Crippen molar-refractivity contribution in [3.05, 3.63) is 59.7 Å². The number of carboxylic acid groups (broad SMARTS) is 1. The van der Waals surface area contributed by atoms with Crippen molar-refractivity contribution in [1.29, 1.82) is 0 Å². The summed E-state index contributed by atoms with van der Waals surface area (Å²) >= 11 is 0. The molecule has 2 unspecified atom stereocenters. The lowest BCUT2D eigenvalue weighted by Crippen LogP contribution is -2.30. The number of anilines is 1. The van der Waals surface area contributed by atoms with Gasteiger partial charge in [0.2, 0.25) is 0 Å². The van der Waals surface area contributed by atoms with Gasteiger partial charge in [0.15, 0.2) is 6.10 Å². The summed E-state index contributed by atoms with van der Waals surface area (Å²) in [6.45, 7) is 9.76. The molecule has 0 spiro atoms. The number of rotatable bonds is 7. The van der Waals surface area contributed by atoms with E-state index in [9.17, 15) is 9.59 Å². The van der Waals surface area contributed by atoms with Crippen molar-refractivity contribution in [2.75, 3.05) is 5.32 Å². The maximum atomic E-state index is 12.5. The zero-order chi connectivity index (χ0) is 22.3. The molecule has 30 heavy (non-hydrogen) atoms. The number of benzene rings is 2. The number of nitrogens with one attached hydrogen (secondary N) is 1. The Morgan fingerprint density at radius 3 is 2.37 bits per heavy atom. The van der Waals surface area contributed by atoms with Crippen LogP contribution in [0.2, 0.25) is 0 Å². The van der Waals surface area contributed by atoms with Crippen molar-refractivity contribution in [3.8, 4) is 17.6 Å². The van der Waals surface area contributed by atoms with Gasteiger partial charge in [0.1, 0.15) is 5.75 Å². The van der Waals surface area contributed by atoms with Crippen molar-refractivity contribution in [2.45, 2.75) is 58.5 Å². The fourth-order valence-corrected chi connectivity index (χ4v) is 2.94. The van der Waals surface area contributed by atoms with Crippen LogP contribution in [0.15, 0.2) is 48.5 Å². The van der Waals surface area contributed by atoms with Gasteiger partial charge in [0.05, 0.1) is 12.3 Å². The fourth-order valence-electron chi connectivity index (χ4n) is 2.94. The predicted octanol–water partition coefficient (Wildman–Crippen LogP) is 4.97. The van der Waals surface area contributed by atoms with Gasteiger partial charge in [-0.25, -0.2) is 0 Å². The summed E-state index contributed by atoms with van der Waals surface area (Å²) in [4.78, 5) is 23.6. The highest BCUT2D eigenvalue weighted by Crippen LogP contribution is 2.26. The summed E-state index contributed by atoms with van der Waals surface area (Å²) in [5.41, 5.74) is 2.54. The monoisotopic (exact) mass is 407 g/mol. The van der Waals surface area contributed by atoms with Crippen LogP contribution in [0.5, 0.6) is 5.75 Å². The van der Waals surface area contributed by atoms with Crippen LogP contribution in [0.3, 0.4) is 0 Å². The largest absolute Gasteiger partial charge is 0.481 e. The Morgan fingerprint density at radius 2 is 1.80 bits per heavy atom. The van der Waals surface area contributed by atoms with Crippen LogP contribution in [-0.4, -0.2) is 23.1 Å². The van der Waals surface area contributed by atoms with Crippen LogP contribution in [0, 0.1) is 11.8 Å². The maximum Gasteiger partial charge on any atom is 0.304 e.